The molecule has 0 N–H and O–H groups in total. The van der Waals surface area contributed by atoms with Crippen molar-refractivity contribution < 1.29 is 19.1 Å². The van der Waals surface area contributed by atoms with Crippen LogP contribution in [0.1, 0.15) is 54.6 Å². The lowest BCUT2D eigenvalue weighted by molar-refractivity contribution is -0.139. The first-order valence-electron chi connectivity index (χ1n) is 11.6. The molecule has 1 aromatic heterocycles. The van der Waals surface area contributed by atoms with Crippen LogP contribution >= 0.6 is 11.6 Å². The molecule has 2 heterocycles. The molecule has 178 valence electrons. The van der Waals surface area contributed by atoms with Crippen LogP contribution in [0.3, 0.4) is 0 Å². The van der Waals surface area contributed by atoms with Crippen LogP contribution in [-0.4, -0.2) is 40.5 Å². The van der Waals surface area contributed by atoms with Gasteiger partial charge < -0.3 is 14.4 Å². The number of aryl methyl sites for hydroxylation is 1. The number of fused-ring (bicyclic) bond motifs is 1. The Bertz CT molecular complexity index is 1190. The fourth-order valence-corrected chi connectivity index (χ4v) is 4.65. The molecule has 0 aliphatic carbocycles. The van der Waals surface area contributed by atoms with E-state index in [1.807, 2.05) is 36.1 Å². The van der Waals surface area contributed by atoms with Gasteiger partial charge in [-0.1, -0.05) is 23.7 Å². The Hall–Kier alpha value is -3.12. The number of likely N-dealkylation sites (tertiary alicyclic amines) is 1. The molecule has 1 saturated heterocycles. The highest BCUT2D eigenvalue weighted by atomic mass is 35.5. The van der Waals surface area contributed by atoms with Crippen LogP contribution in [0.4, 0.5) is 0 Å². The Morgan fingerprint density at radius 3 is 2.47 bits per heavy atom. The first-order chi connectivity index (χ1) is 16.3. The summed E-state index contributed by atoms with van der Waals surface area (Å²) in [6, 6.07) is 14.8. The van der Waals surface area contributed by atoms with E-state index in [-0.39, 0.29) is 31.2 Å². The number of carbonyl (C=O) groups is 2. The van der Waals surface area contributed by atoms with Gasteiger partial charge in [0.05, 0.1) is 11.1 Å². The highest BCUT2D eigenvalue weighted by Gasteiger charge is 2.29. The molecule has 34 heavy (non-hydrogen) atoms. The van der Waals surface area contributed by atoms with E-state index in [0.717, 1.165) is 35.7 Å². The number of carbonyl (C=O) groups excluding carboxylic acids is 2. The summed E-state index contributed by atoms with van der Waals surface area (Å²) in [7, 11) is 0. The molecule has 2 atom stereocenters. The van der Waals surface area contributed by atoms with Crippen molar-refractivity contribution in [3.8, 4) is 5.75 Å². The number of hydrogen-bond acceptors (Lipinski definition) is 5. The number of nitrogens with zero attached hydrogens (tertiary/aromatic N) is 2. The summed E-state index contributed by atoms with van der Waals surface area (Å²) in [6.07, 6.45) is 3.19. The van der Waals surface area contributed by atoms with Crippen molar-refractivity contribution in [2.24, 2.45) is 0 Å². The molecule has 0 saturated carbocycles. The normalized spacial score (nSPS) is 18.1. The lowest BCUT2D eigenvalue weighted by atomic mass is 9.97. The minimum absolute atomic E-state index is 0.0146. The van der Waals surface area contributed by atoms with E-state index in [9.17, 15) is 9.59 Å². The molecule has 4 rings (SSSR count). The molecule has 0 radical (unpaired) electrons. The summed E-state index contributed by atoms with van der Waals surface area (Å²) in [5, 5.41) is 1.25. The number of hydrogen-bond donors (Lipinski definition) is 0. The number of aromatic nitrogens is 1. The predicted octanol–water partition coefficient (Wildman–Crippen LogP) is 5.72. The number of benzene rings is 2. The Morgan fingerprint density at radius 1 is 1.06 bits per heavy atom. The number of pyridine rings is 1. The fraction of sp³-hybridized carbons (Fsp3) is 0.370. The summed E-state index contributed by atoms with van der Waals surface area (Å²) in [4.78, 5) is 31.5. The first-order valence-corrected chi connectivity index (χ1v) is 12.0. The predicted molar refractivity (Wildman–Crippen MR) is 132 cm³/mol. The van der Waals surface area contributed by atoms with Crippen LogP contribution in [0.5, 0.6) is 5.75 Å². The van der Waals surface area contributed by atoms with Gasteiger partial charge >= 0.3 is 5.97 Å². The summed E-state index contributed by atoms with van der Waals surface area (Å²) in [5.74, 6) is 0.0390. The number of piperidine rings is 1. The Morgan fingerprint density at radius 2 is 1.76 bits per heavy atom. The van der Waals surface area contributed by atoms with E-state index in [1.165, 1.54) is 0 Å². The summed E-state index contributed by atoms with van der Waals surface area (Å²) in [5.41, 5.74) is 2.93. The largest absolute Gasteiger partial charge is 0.484 e. The standard InChI is InChI=1S/C27H29ClN2O4/c1-17-7-8-21-14-22(26(28)29-24(21)13-17)15-34-27(32)20-9-11-23(12-10-20)33-16-25(31)30-18(2)5-4-6-19(30)3/h7-14,18-19H,4-6,15-16H2,1-3H3/t18-,19-/m0/s1. The van der Waals surface area contributed by atoms with Crippen LogP contribution in [0.25, 0.3) is 10.9 Å². The van der Waals surface area contributed by atoms with Gasteiger partial charge in [-0.2, -0.15) is 0 Å². The molecule has 1 amide bonds. The minimum atomic E-state index is -0.473. The third-order valence-electron chi connectivity index (χ3n) is 6.29. The van der Waals surface area contributed by atoms with Crippen molar-refractivity contribution in [3.63, 3.8) is 0 Å². The van der Waals surface area contributed by atoms with Crippen molar-refractivity contribution in [2.45, 2.75) is 58.7 Å². The molecular weight excluding hydrogens is 452 g/mol. The number of halogens is 1. The first kappa shape index (κ1) is 24.0. The van der Waals surface area contributed by atoms with E-state index in [0.29, 0.717) is 22.0 Å². The third kappa shape index (κ3) is 5.50. The van der Waals surface area contributed by atoms with Crippen LogP contribution < -0.4 is 4.74 Å². The molecule has 0 unspecified atom stereocenters. The Labute approximate surface area is 204 Å². The molecule has 1 aliphatic heterocycles. The number of ether oxygens (including phenoxy) is 2. The highest BCUT2D eigenvalue weighted by Crippen LogP contribution is 2.24. The zero-order valence-electron chi connectivity index (χ0n) is 19.7. The molecule has 3 aromatic rings. The minimum Gasteiger partial charge on any atom is -0.484 e. The molecule has 6 nitrogen and oxygen atoms in total. The molecule has 0 bridgehead atoms. The van der Waals surface area contributed by atoms with Crippen molar-refractivity contribution in [3.05, 3.63) is 70.4 Å². The monoisotopic (exact) mass is 480 g/mol. The topological polar surface area (TPSA) is 68.7 Å². The van der Waals surface area contributed by atoms with Crippen LogP contribution in [0, 0.1) is 6.92 Å². The van der Waals surface area contributed by atoms with Gasteiger partial charge in [0.1, 0.15) is 17.5 Å². The van der Waals surface area contributed by atoms with E-state index in [2.05, 4.69) is 18.8 Å². The van der Waals surface area contributed by atoms with E-state index in [4.69, 9.17) is 21.1 Å². The molecule has 1 fully saturated rings. The maximum Gasteiger partial charge on any atom is 0.338 e. The molecule has 0 spiro atoms. The van der Waals surface area contributed by atoms with Crippen LogP contribution in [0.2, 0.25) is 5.15 Å². The highest BCUT2D eigenvalue weighted by molar-refractivity contribution is 6.30. The SMILES string of the molecule is Cc1ccc2cc(COC(=O)c3ccc(OCC(=O)N4[C@@H](C)CCC[C@@H]4C)cc3)c(Cl)nc2c1. The van der Waals surface area contributed by atoms with E-state index < -0.39 is 5.97 Å². The zero-order valence-corrected chi connectivity index (χ0v) is 20.5. The number of esters is 1. The van der Waals surface area contributed by atoms with E-state index >= 15 is 0 Å². The van der Waals surface area contributed by atoms with Gasteiger partial charge in [0.2, 0.25) is 0 Å². The summed E-state index contributed by atoms with van der Waals surface area (Å²) >= 11 is 6.29. The van der Waals surface area contributed by atoms with Gasteiger partial charge in [-0.3, -0.25) is 4.79 Å². The second-order valence-electron chi connectivity index (χ2n) is 8.95. The lowest BCUT2D eigenvalue weighted by Gasteiger charge is -2.38. The average molecular weight is 481 g/mol. The summed E-state index contributed by atoms with van der Waals surface area (Å²) < 4.78 is 11.1. The summed E-state index contributed by atoms with van der Waals surface area (Å²) in [6.45, 7) is 6.15. The van der Waals surface area contributed by atoms with Gasteiger partial charge in [-0.05, 0) is 82.0 Å². The molecule has 7 heteroatoms. The van der Waals surface area contributed by atoms with Crippen molar-refractivity contribution in [2.75, 3.05) is 6.61 Å². The Kier molecular flexibility index (Phi) is 7.37. The molecule has 1 aliphatic rings. The maximum absolute atomic E-state index is 12.6. The van der Waals surface area contributed by atoms with Crippen molar-refractivity contribution in [1.82, 2.24) is 9.88 Å². The van der Waals surface area contributed by atoms with Gasteiger partial charge in [0, 0.05) is 23.0 Å². The van der Waals surface area contributed by atoms with Gasteiger partial charge in [0.25, 0.3) is 5.91 Å². The third-order valence-corrected chi connectivity index (χ3v) is 6.62. The second-order valence-corrected chi connectivity index (χ2v) is 9.31. The van der Waals surface area contributed by atoms with Gasteiger partial charge in [0.15, 0.2) is 6.61 Å². The smallest absolute Gasteiger partial charge is 0.338 e. The number of rotatable bonds is 6. The van der Waals surface area contributed by atoms with Crippen molar-refractivity contribution >= 4 is 34.4 Å². The van der Waals surface area contributed by atoms with E-state index in [1.54, 1.807) is 24.3 Å². The number of amides is 1. The van der Waals surface area contributed by atoms with Crippen molar-refractivity contribution in [1.29, 1.82) is 0 Å². The maximum atomic E-state index is 12.6. The molecule has 2 aromatic carbocycles. The quantitative estimate of drug-likeness (QED) is 0.333. The molecular formula is C27H29ClN2O4. The Balaban J connectivity index is 1.32. The fourth-order valence-electron chi connectivity index (χ4n) is 4.44. The average Bonchev–Trinajstić information content (AvgIpc) is 2.81. The lowest BCUT2D eigenvalue weighted by Crippen LogP contribution is -2.49. The van der Waals surface area contributed by atoms with Gasteiger partial charge in [-0.25, -0.2) is 9.78 Å². The van der Waals surface area contributed by atoms with Crippen LogP contribution in [0.15, 0.2) is 48.5 Å². The van der Waals surface area contributed by atoms with Gasteiger partial charge in [-0.15, -0.1) is 0 Å². The second kappa shape index (κ2) is 10.4. The zero-order chi connectivity index (χ0) is 24.2. The van der Waals surface area contributed by atoms with Crippen LogP contribution in [-0.2, 0) is 16.1 Å².